The van der Waals surface area contributed by atoms with Crippen LogP contribution in [0.25, 0.3) is 0 Å². The zero-order valence-electron chi connectivity index (χ0n) is 13.4. The van der Waals surface area contributed by atoms with E-state index in [-0.39, 0.29) is 0 Å². The summed E-state index contributed by atoms with van der Waals surface area (Å²) in [6.45, 7) is 9.72. The molecule has 0 aromatic heterocycles. The van der Waals surface area contributed by atoms with Crippen LogP contribution in [0.1, 0.15) is 78.1 Å². The first kappa shape index (κ1) is 17.0. The minimum atomic E-state index is 0.778. The molecule has 0 saturated carbocycles. The van der Waals surface area contributed by atoms with Crippen molar-refractivity contribution in [1.82, 2.24) is 10.2 Å². The summed E-state index contributed by atoms with van der Waals surface area (Å²) in [5.41, 5.74) is 0. The van der Waals surface area contributed by atoms with Gasteiger partial charge in [-0.15, -0.1) is 0 Å². The summed E-state index contributed by atoms with van der Waals surface area (Å²) in [7, 11) is 0. The number of likely N-dealkylation sites (tertiary alicyclic amines) is 1. The molecule has 0 radical (unpaired) electrons. The topological polar surface area (TPSA) is 15.3 Å². The lowest BCUT2D eigenvalue weighted by Gasteiger charge is -2.21. The van der Waals surface area contributed by atoms with Crippen LogP contribution in [0.4, 0.5) is 0 Å². The van der Waals surface area contributed by atoms with E-state index in [0.29, 0.717) is 0 Å². The average Bonchev–Trinajstić information content (AvgIpc) is 2.92. The van der Waals surface area contributed by atoms with E-state index in [1.54, 1.807) is 0 Å². The summed E-state index contributed by atoms with van der Waals surface area (Å²) < 4.78 is 0. The van der Waals surface area contributed by atoms with Gasteiger partial charge in [-0.3, -0.25) is 0 Å². The molecule has 0 bridgehead atoms. The second-order valence-electron chi connectivity index (χ2n) is 6.19. The predicted molar refractivity (Wildman–Crippen MR) is 85.7 cm³/mol. The van der Waals surface area contributed by atoms with Gasteiger partial charge in [0.25, 0.3) is 0 Å². The lowest BCUT2D eigenvalue weighted by molar-refractivity contribution is 0.317. The second-order valence-corrected chi connectivity index (χ2v) is 6.19. The Hall–Kier alpha value is -0.0800. The molecular formula is C17H36N2. The quantitative estimate of drug-likeness (QED) is 0.534. The highest BCUT2D eigenvalue weighted by atomic mass is 15.2. The largest absolute Gasteiger partial charge is 0.313 e. The van der Waals surface area contributed by atoms with Gasteiger partial charge in [0.1, 0.15) is 0 Å². The first-order valence-corrected chi connectivity index (χ1v) is 8.82. The Balaban J connectivity index is 2.10. The fraction of sp³-hybridized carbons (Fsp3) is 1.00. The summed E-state index contributed by atoms with van der Waals surface area (Å²) >= 11 is 0. The van der Waals surface area contributed by atoms with Gasteiger partial charge < -0.3 is 10.2 Å². The standard InChI is InChI=1S/C17H36N2/c1-3-5-7-11-17(12-8-6-4-2)18-13-16-19-14-9-10-15-19/h17-18H,3-16H2,1-2H3. The number of hydrogen-bond donors (Lipinski definition) is 1. The van der Waals surface area contributed by atoms with Gasteiger partial charge in [-0.2, -0.15) is 0 Å². The summed E-state index contributed by atoms with van der Waals surface area (Å²) in [6, 6.07) is 0.778. The SMILES string of the molecule is CCCCCC(CCCCC)NCCN1CCCC1. The van der Waals surface area contributed by atoms with Crippen molar-refractivity contribution in [1.29, 1.82) is 0 Å². The maximum Gasteiger partial charge on any atom is 0.0107 e. The lowest BCUT2D eigenvalue weighted by Crippen LogP contribution is -2.36. The molecule has 2 heteroatoms. The van der Waals surface area contributed by atoms with Crippen LogP contribution < -0.4 is 5.32 Å². The number of nitrogens with one attached hydrogen (secondary N) is 1. The van der Waals surface area contributed by atoms with Crippen LogP contribution >= 0.6 is 0 Å². The monoisotopic (exact) mass is 268 g/mol. The van der Waals surface area contributed by atoms with Gasteiger partial charge in [-0.05, 0) is 38.8 Å². The predicted octanol–water partition coefficient (Wildman–Crippen LogP) is 4.20. The molecule has 1 saturated heterocycles. The molecule has 0 aromatic carbocycles. The van der Waals surface area contributed by atoms with Crippen LogP contribution in [0.15, 0.2) is 0 Å². The van der Waals surface area contributed by atoms with Crippen molar-refractivity contribution >= 4 is 0 Å². The molecule has 0 atom stereocenters. The first-order valence-electron chi connectivity index (χ1n) is 8.82. The number of hydrogen-bond acceptors (Lipinski definition) is 2. The van der Waals surface area contributed by atoms with Gasteiger partial charge in [0, 0.05) is 19.1 Å². The van der Waals surface area contributed by atoms with Crippen LogP contribution in [0.2, 0.25) is 0 Å². The molecule has 1 N–H and O–H groups in total. The Morgan fingerprint density at radius 3 is 2.00 bits per heavy atom. The third-order valence-corrected chi connectivity index (χ3v) is 4.37. The van der Waals surface area contributed by atoms with Gasteiger partial charge in [0.2, 0.25) is 0 Å². The van der Waals surface area contributed by atoms with Crippen molar-refractivity contribution in [2.24, 2.45) is 0 Å². The minimum Gasteiger partial charge on any atom is -0.313 e. The van der Waals surface area contributed by atoms with Gasteiger partial charge >= 0.3 is 0 Å². The summed E-state index contributed by atoms with van der Waals surface area (Å²) in [6.07, 6.45) is 13.9. The number of nitrogens with zero attached hydrogens (tertiary/aromatic N) is 1. The van der Waals surface area contributed by atoms with E-state index < -0.39 is 0 Å². The maximum absolute atomic E-state index is 3.82. The maximum atomic E-state index is 3.82. The third kappa shape index (κ3) is 8.65. The van der Waals surface area contributed by atoms with E-state index >= 15 is 0 Å². The van der Waals surface area contributed by atoms with Crippen molar-refractivity contribution in [3.8, 4) is 0 Å². The smallest absolute Gasteiger partial charge is 0.0107 e. The Kier molecular flexibility index (Phi) is 10.5. The molecule has 114 valence electrons. The Labute approximate surface area is 121 Å². The second kappa shape index (κ2) is 11.7. The molecule has 0 aliphatic carbocycles. The van der Waals surface area contributed by atoms with Gasteiger partial charge in [-0.25, -0.2) is 0 Å². The molecule has 1 rings (SSSR count). The van der Waals surface area contributed by atoms with Gasteiger partial charge in [0.15, 0.2) is 0 Å². The number of rotatable bonds is 12. The van der Waals surface area contributed by atoms with Crippen molar-refractivity contribution in [2.75, 3.05) is 26.2 Å². The van der Waals surface area contributed by atoms with E-state index in [0.717, 1.165) is 6.04 Å². The molecule has 1 aliphatic heterocycles. The molecular weight excluding hydrogens is 232 g/mol. The van der Waals surface area contributed by atoms with Crippen molar-refractivity contribution in [2.45, 2.75) is 84.1 Å². The molecule has 2 nitrogen and oxygen atoms in total. The van der Waals surface area contributed by atoms with Crippen molar-refractivity contribution in [3.63, 3.8) is 0 Å². The molecule has 1 heterocycles. The zero-order valence-corrected chi connectivity index (χ0v) is 13.4. The third-order valence-electron chi connectivity index (χ3n) is 4.37. The Morgan fingerprint density at radius 1 is 0.895 bits per heavy atom. The lowest BCUT2D eigenvalue weighted by atomic mass is 10.0. The summed E-state index contributed by atoms with van der Waals surface area (Å²) in [5.74, 6) is 0. The fourth-order valence-electron chi connectivity index (χ4n) is 3.06. The summed E-state index contributed by atoms with van der Waals surface area (Å²) in [4.78, 5) is 2.61. The van der Waals surface area contributed by atoms with Crippen LogP contribution in [0.3, 0.4) is 0 Å². The van der Waals surface area contributed by atoms with Crippen molar-refractivity contribution in [3.05, 3.63) is 0 Å². The van der Waals surface area contributed by atoms with Crippen molar-refractivity contribution < 1.29 is 0 Å². The molecule has 1 aliphatic rings. The highest BCUT2D eigenvalue weighted by molar-refractivity contribution is 4.71. The Morgan fingerprint density at radius 2 is 1.47 bits per heavy atom. The zero-order chi connectivity index (χ0) is 13.8. The molecule has 0 aromatic rings. The molecule has 0 unspecified atom stereocenters. The van der Waals surface area contributed by atoms with E-state index in [1.165, 1.54) is 90.4 Å². The van der Waals surface area contributed by atoms with E-state index in [2.05, 4.69) is 24.1 Å². The van der Waals surface area contributed by atoms with Crippen LogP contribution in [-0.4, -0.2) is 37.1 Å². The van der Waals surface area contributed by atoms with Gasteiger partial charge in [0.05, 0.1) is 0 Å². The number of unbranched alkanes of at least 4 members (excludes halogenated alkanes) is 4. The van der Waals surface area contributed by atoms with E-state index in [4.69, 9.17) is 0 Å². The van der Waals surface area contributed by atoms with Crippen LogP contribution in [0, 0.1) is 0 Å². The van der Waals surface area contributed by atoms with E-state index in [9.17, 15) is 0 Å². The molecule has 0 amide bonds. The highest BCUT2D eigenvalue weighted by Crippen LogP contribution is 2.11. The van der Waals surface area contributed by atoms with Gasteiger partial charge in [-0.1, -0.05) is 52.4 Å². The first-order chi connectivity index (χ1) is 9.36. The minimum absolute atomic E-state index is 0.778. The average molecular weight is 268 g/mol. The highest BCUT2D eigenvalue weighted by Gasteiger charge is 2.12. The molecule has 0 spiro atoms. The fourth-order valence-corrected chi connectivity index (χ4v) is 3.06. The molecule has 1 fully saturated rings. The van der Waals surface area contributed by atoms with Crippen LogP contribution in [0.5, 0.6) is 0 Å². The summed E-state index contributed by atoms with van der Waals surface area (Å²) in [5, 5.41) is 3.82. The Bertz CT molecular complexity index is 178. The normalized spacial score (nSPS) is 16.6. The van der Waals surface area contributed by atoms with Crippen LogP contribution in [-0.2, 0) is 0 Å². The molecule has 19 heavy (non-hydrogen) atoms. The van der Waals surface area contributed by atoms with E-state index in [1.807, 2.05) is 0 Å².